The molecule has 2 aliphatic carbocycles. The van der Waals surface area contributed by atoms with Crippen LogP contribution in [0, 0.1) is 16.7 Å². The third-order valence-electron chi connectivity index (χ3n) is 7.11. The predicted molar refractivity (Wildman–Crippen MR) is 127 cm³/mol. The Kier molecular flexibility index (Phi) is 7.28. The molecule has 3 unspecified atom stereocenters. The number of sulfonamides is 1. The minimum absolute atomic E-state index is 0.0152. The topological polar surface area (TPSA) is 156 Å². The van der Waals surface area contributed by atoms with E-state index in [1.807, 2.05) is 13.8 Å². The van der Waals surface area contributed by atoms with Crippen molar-refractivity contribution in [2.45, 2.75) is 45.8 Å². The summed E-state index contributed by atoms with van der Waals surface area (Å²) in [6, 6.07) is 6.62. The van der Waals surface area contributed by atoms with Crippen LogP contribution in [0.2, 0.25) is 0 Å². The van der Waals surface area contributed by atoms with Crippen LogP contribution in [-0.2, 0) is 31.5 Å². The predicted octanol–water partition coefficient (Wildman–Crippen LogP) is 2.26. The molecule has 2 aliphatic rings. The first-order chi connectivity index (χ1) is 15.6. The molecule has 0 saturated heterocycles. The second-order valence-corrected chi connectivity index (χ2v) is 12.9. The fourth-order valence-electron chi connectivity index (χ4n) is 5.11. The summed E-state index contributed by atoms with van der Waals surface area (Å²) < 4.78 is 57.2. The number of benzene rings is 1. The quantitative estimate of drug-likeness (QED) is 0.476. The monoisotopic (exact) mass is 513 g/mol. The molecule has 1 aromatic heterocycles. The number of hydrogen-bond acceptors (Lipinski definition) is 7. The number of nitrogens with zero attached hydrogens (tertiary/aromatic N) is 2. The molecule has 12 heteroatoms. The van der Waals surface area contributed by atoms with E-state index >= 15 is 0 Å². The molecule has 2 saturated carbocycles. The van der Waals surface area contributed by atoms with E-state index in [0.717, 1.165) is 12.7 Å². The number of aliphatic hydroxyl groups is 1. The molecular formula is C22H31N3O7S2. The van der Waals surface area contributed by atoms with Crippen LogP contribution in [0.15, 0.2) is 43.0 Å². The lowest BCUT2D eigenvalue weighted by molar-refractivity contribution is -0.128. The fraction of sp³-hybridized carbons (Fsp3) is 0.545. The van der Waals surface area contributed by atoms with Gasteiger partial charge in [0, 0.05) is 24.5 Å². The highest BCUT2D eigenvalue weighted by Crippen LogP contribution is 2.64. The summed E-state index contributed by atoms with van der Waals surface area (Å²) in [4.78, 5) is 15.8. The van der Waals surface area contributed by atoms with Gasteiger partial charge in [-0.3, -0.25) is 14.1 Å². The van der Waals surface area contributed by atoms with Gasteiger partial charge in [0.2, 0.25) is 10.0 Å². The zero-order valence-electron chi connectivity index (χ0n) is 19.4. The molecule has 2 bridgehead atoms. The van der Waals surface area contributed by atoms with Crippen molar-refractivity contribution in [3.63, 3.8) is 0 Å². The number of rotatable bonds is 7. The van der Waals surface area contributed by atoms with Crippen LogP contribution in [-0.4, -0.2) is 53.8 Å². The maximum absolute atomic E-state index is 11.9. The first-order valence-corrected chi connectivity index (χ1v) is 14.3. The summed E-state index contributed by atoms with van der Waals surface area (Å²) in [5.74, 6) is -0.101. The Hall–Kier alpha value is -2.28. The normalized spacial score (nSPS) is 24.4. The molecule has 0 amide bonds. The summed E-state index contributed by atoms with van der Waals surface area (Å²) >= 11 is 0. The molecule has 0 aliphatic heterocycles. The minimum atomic E-state index is -4.08. The summed E-state index contributed by atoms with van der Waals surface area (Å²) in [7, 11) is -7.35. The second kappa shape index (κ2) is 9.40. The van der Waals surface area contributed by atoms with Crippen molar-refractivity contribution in [3.8, 4) is 0 Å². The van der Waals surface area contributed by atoms with Crippen molar-refractivity contribution in [2.24, 2.45) is 16.7 Å². The van der Waals surface area contributed by atoms with Crippen LogP contribution < -0.4 is 4.72 Å². The summed E-state index contributed by atoms with van der Waals surface area (Å²) in [5.41, 5.74) is 0.0688. The van der Waals surface area contributed by atoms with Crippen molar-refractivity contribution < 1.29 is 31.3 Å². The van der Waals surface area contributed by atoms with Crippen LogP contribution in [0.25, 0.3) is 0 Å². The SMILES string of the molecule is CC1(C)C2CCC1(CS(=O)(=O)O)C(=O)C2.CS(=O)(=O)Nc1ccc(C(O)Cn2ccnc2)cc1. The maximum Gasteiger partial charge on any atom is 0.265 e. The molecule has 1 aromatic carbocycles. The fourth-order valence-corrected chi connectivity index (χ4v) is 6.97. The average molecular weight is 514 g/mol. The molecule has 3 atom stereocenters. The molecular weight excluding hydrogens is 482 g/mol. The van der Waals surface area contributed by atoms with Gasteiger partial charge in [-0.1, -0.05) is 26.0 Å². The van der Waals surface area contributed by atoms with Crippen LogP contribution >= 0.6 is 0 Å². The Balaban J connectivity index is 0.000000196. The van der Waals surface area contributed by atoms with Gasteiger partial charge in [0.1, 0.15) is 5.78 Å². The van der Waals surface area contributed by atoms with Crippen molar-refractivity contribution in [3.05, 3.63) is 48.5 Å². The van der Waals surface area contributed by atoms with Crippen molar-refractivity contribution in [1.29, 1.82) is 0 Å². The Morgan fingerprint density at radius 3 is 2.29 bits per heavy atom. The van der Waals surface area contributed by atoms with Gasteiger partial charge < -0.3 is 9.67 Å². The van der Waals surface area contributed by atoms with E-state index in [0.29, 0.717) is 30.6 Å². The zero-order chi connectivity index (χ0) is 25.4. The van der Waals surface area contributed by atoms with E-state index in [2.05, 4.69) is 9.71 Å². The lowest BCUT2D eigenvalue weighted by Crippen LogP contribution is -2.42. The number of aliphatic hydroxyl groups excluding tert-OH is 1. The Labute approximate surface area is 200 Å². The van der Waals surface area contributed by atoms with E-state index in [-0.39, 0.29) is 17.1 Å². The number of imidazole rings is 1. The second-order valence-electron chi connectivity index (χ2n) is 9.66. The van der Waals surface area contributed by atoms with Gasteiger partial charge >= 0.3 is 0 Å². The van der Waals surface area contributed by atoms with Crippen LogP contribution in [0.1, 0.15) is 44.8 Å². The Morgan fingerprint density at radius 1 is 1.21 bits per heavy atom. The Morgan fingerprint density at radius 2 is 1.85 bits per heavy atom. The number of hydrogen-bond donors (Lipinski definition) is 3. The summed E-state index contributed by atoms with van der Waals surface area (Å²) in [6.07, 6.45) is 7.44. The van der Waals surface area contributed by atoms with Crippen LogP contribution in [0.4, 0.5) is 5.69 Å². The number of anilines is 1. The summed E-state index contributed by atoms with van der Waals surface area (Å²) in [5, 5.41) is 10.0. The van der Waals surface area contributed by atoms with Gasteiger partial charge in [0.05, 0.1) is 36.4 Å². The number of carbonyl (C=O) groups excluding carboxylic acids is 1. The number of Topliss-reactive ketones (excluding diaryl/α,β-unsaturated/α-hetero) is 1. The minimum Gasteiger partial charge on any atom is -0.387 e. The average Bonchev–Trinajstić information content (AvgIpc) is 3.33. The molecule has 2 fully saturated rings. The van der Waals surface area contributed by atoms with E-state index in [1.54, 1.807) is 47.6 Å². The molecule has 2 aromatic rings. The third kappa shape index (κ3) is 5.85. The van der Waals surface area contributed by atoms with Gasteiger partial charge in [-0.25, -0.2) is 13.4 Å². The molecule has 0 spiro atoms. The Bertz CT molecular complexity index is 1220. The van der Waals surface area contributed by atoms with Gasteiger partial charge in [-0.15, -0.1) is 0 Å². The number of ketones is 1. The molecule has 34 heavy (non-hydrogen) atoms. The third-order valence-corrected chi connectivity index (χ3v) is 8.57. The zero-order valence-corrected chi connectivity index (χ0v) is 21.0. The molecule has 188 valence electrons. The smallest absolute Gasteiger partial charge is 0.265 e. The largest absolute Gasteiger partial charge is 0.387 e. The highest BCUT2D eigenvalue weighted by molar-refractivity contribution is 7.92. The van der Waals surface area contributed by atoms with Gasteiger partial charge in [-0.2, -0.15) is 8.42 Å². The van der Waals surface area contributed by atoms with Crippen LogP contribution in [0.5, 0.6) is 0 Å². The van der Waals surface area contributed by atoms with Crippen molar-refractivity contribution >= 4 is 31.6 Å². The van der Waals surface area contributed by atoms with Gasteiger partial charge in [0.25, 0.3) is 10.1 Å². The van der Waals surface area contributed by atoms with Crippen molar-refractivity contribution in [1.82, 2.24) is 9.55 Å². The van der Waals surface area contributed by atoms with E-state index in [4.69, 9.17) is 4.55 Å². The van der Waals surface area contributed by atoms with Gasteiger partial charge in [-0.05, 0) is 41.9 Å². The first-order valence-electron chi connectivity index (χ1n) is 10.8. The number of nitrogens with one attached hydrogen (secondary N) is 1. The molecule has 4 rings (SSSR count). The highest BCUT2D eigenvalue weighted by Gasteiger charge is 2.65. The first kappa shape index (κ1) is 26.3. The number of aromatic nitrogens is 2. The summed E-state index contributed by atoms with van der Waals surface area (Å²) in [6.45, 7) is 4.29. The maximum atomic E-state index is 11.9. The highest BCUT2D eigenvalue weighted by atomic mass is 32.2. The van der Waals surface area contributed by atoms with Crippen molar-refractivity contribution in [2.75, 3.05) is 16.7 Å². The van der Waals surface area contributed by atoms with Gasteiger partial charge in [0.15, 0.2) is 0 Å². The molecule has 3 N–H and O–H groups in total. The van der Waals surface area contributed by atoms with E-state index < -0.39 is 37.4 Å². The number of carbonyl (C=O) groups is 1. The lowest BCUT2D eigenvalue weighted by Gasteiger charge is -2.35. The molecule has 10 nitrogen and oxygen atoms in total. The lowest BCUT2D eigenvalue weighted by atomic mass is 9.70. The number of fused-ring (bicyclic) bond motifs is 2. The van der Waals surface area contributed by atoms with Crippen LogP contribution in [0.3, 0.4) is 0 Å². The molecule has 1 heterocycles. The van der Waals surface area contributed by atoms with E-state index in [1.165, 1.54) is 0 Å². The molecule has 0 radical (unpaired) electrons. The standard InChI is InChI=1S/C12H15N3O3S.C10H16O4S/c1-19(17,18)14-11-4-2-10(3-5-11)12(16)8-15-7-6-13-9-15;1-9(2)7-3-4-10(9,8(11)5-7)6-15(12,13)14/h2-7,9,12,14,16H,8H2,1H3;7H,3-6H2,1-2H3,(H,12,13,14). The van der Waals surface area contributed by atoms with E-state index in [9.17, 15) is 26.7 Å².